The molecule has 2 rings (SSSR count). The van der Waals surface area contributed by atoms with Crippen molar-refractivity contribution in [3.05, 3.63) is 54.6 Å². The maximum absolute atomic E-state index is 10.5. The predicted molar refractivity (Wildman–Crippen MR) is 129 cm³/mol. The first-order valence-corrected chi connectivity index (χ1v) is 14.2. The van der Waals surface area contributed by atoms with Gasteiger partial charge in [-0.15, -0.1) is 6.58 Å². The fraction of sp³-hybridized carbons (Fsp3) is 0.615. The molecule has 30 heavy (non-hydrogen) atoms. The zero-order valence-corrected chi connectivity index (χ0v) is 21.0. The van der Waals surface area contributed by atoms with E-state index in [0.717, 1.165) is 18.6 Å². The highest BCUT2D eigenvalue weighted by Crippen LogP contribution is 2.41. The molecule has 0 heterocycles. The van der Waals surface area contributed by atoms with Crippen molar-refractivity contribution >= 4 is 8.32 Å². The molecule has 4 heteroatoms. The molecule has 1 aliphatic rings. The second-order valence-corrected chi connectivity index (χ2v) is 15.2. The lowest BCUT2D eigenvalue weighted by atomic mass is 9.87. The molecule has 1 aliphatic carbocycles. The van der Waals surface area contributed by atoms with Gasteiger partial charge in [0.2, 0.25) is 0 Å². The largest absolute Gasteiger partial charge is 0.491 e. The molecule has 0 amide bonds. The summed E-state index contributed by atoms with van der Waals surface area (Å²) in [6.07, 6.45) is 7.71. The summed E-state index contributed by atoms with van der Waals surface area (Å²) in [5.74, 6) is 1.90. The fourth-order valence-corrected chi connectivity index (χ4v) is 5.31. The minimum absolute atomic E-state index is 0.110. The summed E-state index contributed by atoms with van der Waals surface area (Å²) < 4.78 is 12.8. The van der Waals surface area contributed by atoms with Gasteiger partial charge >= 0.3 is 0 Å². The van der Waals surface area contributed by atoms with Crippen LogP contribution in [0.2, 0.25) is 18.1 Å². The van der Waals surface area contributed by atoms with Gasteiger partial charge in [-0.2, -0.15) is 0 Å². The van der Waals surface area contributed by atoms with Crippen LogP contribution in [-0.4, -0.2) is 32.2 Å². The van der Waals surface area contributed by atoms with Crippen LogP contribution in [0.3, 0.4) is 0 Å². The third kappa shape index (κ3) is 6.57. The standard InChI is InChI=1S/C26H42O3Si/c1-9-11-24-23(20(3)17-25(24)27)15-14-22(29-30(7,8)26(4,5)6)18-28-21-13-10-12-19(2)16-21/h9-10,12-16,20,22-25,27H,1,11,17-18H2,2-8H3/b15-14+/t20-,22-,23+,24-,25+/m1/s1. The lowest BCUT2D eigenvalue weighted by molar-refractivity contribution is 0.124. The average molecular weight is 431 g/mol. The molecule has 168 valence electrons. The zero-order chi connectivity index (χ0) is 22.5. The van der Waals surface area contributed by atoms with E-state index in [2.05, 4.69) is 78.6 Å². The quantitative estimate of drug-likeness (QED) is 0.357. The van der Waals surface area contributed by atoms with E-state index < -0.39 is 8.32 Å². The molecule has 1 aromatic carbocycles. The summed E-state index contributed by atoms with van der Waals surface area (Å²) in [4.78, 5) is 0. The highest BCUT2D eigenvalue weighted by Gasteiger charge is 2.40. The first kappa shape index (κ1) is 24.9. The van der Waals surface area contributed by atoms with Crippen molar-refractivity contribution in [2.24, 2.45) is 17.8 Å². The summed E-state index contributed by atoms with van der Waals surface area (Å²) in [7, 11) is -1.95. The predicted octanol–water partition coefficient (Wildman–Crippen LogP) is 6.53. The molecular weight excluding hydrogens is 388 g/mol. The molecule has 0 unspecified atom stereocenters. The summed E-state index contributed by atoms with van der Waals surface area (Å²) in [5, 5.41) is 10.6. The van der Waals surface area contributed by atoms with Crippen molar-refractivity contribution < 1.29 is 14.3 Å². The van der Waals surface area contributed by atoms with Crippen LogP contribution in [0.15, 0.2) is 49.1 Å². The van der Waals surface area contributed by atoms with Crippen molar-refractivity contribution in [3.63, 3.8) is 0 Å². The minimum atomic E-state index is -1.95. The SMILES string of the molecule is C=CC[C@@H]1[C@@H](/C=C/[C@H](COc2cccc(C)c2)O[Si](C)(C)C(C)(C)C)[C@H](C)C[C@@H]1O. The fourth-order valence-electron chi connectivity index (χ4n) is 4.05. The average Bonchev–Trinajstić information content (AvgIpc) is 2.90. The third-order valence-electron chi connectivity index (χ3n) is 6.90. The maximum Gasteiger partial charge on any atom is 0.193 e. The molecule has 1 fully saturated rings. The number of ether oxygens (including phenoxy) is 1. The Kier molecular flexibility index (Phi) is 8.55. The lowest BCUT2D eigenvalue weighted by Crippen LogP contribution is -2.45. The van der Waals surface area contributed by atoms with Crippen molar-refractivity contribution in [2.45, 2.75) is 77.8 Å². The lowest BCUT2D eigenvalue weighted by Gasteiger charge is -2.38. The topological polar surface area (TPSA) is 38.7 Å². The highest BCUT2D eigenvalue weighted by molar-refractivity contribution is 6.74. The van der Waals surface area contributed by atoms with Crippen LogP contribution < -0.4 is 4.74 Å². The summed E-state index contributed by atoms with van der Waals surface area (Å²) in [6, 6.07) is 8.15. The number of allylic oxidation sites excluding steroid dienone is 2. The van der Waals surface area contributed by atoms with Gasteiger partial charge in [-0.1, -0.05) is 58.1 Å². The monoisotopic (exact) mass is 430 g/mol. The van der Waals surface area contributed by atoms with E-state index in [4.69, 9.17) is 9.16 Å². The second-order valence-electron chi connectivity index (χ2n) is 10.5. The number of aliphatic hydroxyl groups excluding tert-OH is 1. The van der Waals surface area contributed by atoms with Crippen molar-refractivity contribution in [2.75, 3.05) is 6.61 Å². The van der Waals surface area contributed by atoms with E-state index in [1.165, 1.54) is 5.56 Å². The van der Waals surface area contributed by atoms with Crippen LogP contribution >= 0.6 is 0 Å². The van der Waals surface area contributed by atoms with Crippen LogP contribution in [0.4, 0.5) is 0 Å². The molecule has 0 aromatic heterocycles. The number of hydrogen-bond acceptors (Lipinski definition) is 3. The van der Waals surface area contributed by atoms with Crippen LogP contribution in [0, 0.1) is 24.7 Å². The Balaban J connectivity index is 2.19. The Morgan fingerprint density at radius 1 is 1.30 bits per heavy atom. The van der Waals surface area contributed by atoms with Gasteiger partial charge in [0.1, 0.15) is 12.4 Å². The number of aliphatic hydroxyl groups is 1. The van der Waals surface area contributed by atoms with E-state index >= 15 is 0 Å². The Bertz CT molecular complexity index is 719. The molecule has 5 atom stereocenters. The second kappa shape index (κ2) is 10.3. The first-order valence-electron chi connectivity index (χ1n) is 11.3. The normalized spacial score (nSPS) is 26.1. The van der Waals surface area contributed by atoms with Gasteiger partial charge in [0, 0.05) is 0 Å². The van der Waals surface area contributed by atoms with Gasteiger partial charge < -0.3 is 14.3 Å². The van der Waals surface area contributed by atoms with Gasteiger partial charge in [-0.3, -0.25) is 0 Å². The molecule has 0 spiro atoms. The minimum Gasteiger partial charge on any atom is -0.491 e. The van der Waals surface area contributed by atoms with E-state index in [0.29, 0.717) is 18.4 Å². The Morgan fingerprint density at radius 3 is 2.60 bits per heavy atom. The van der Waals surface area contributed by atoms with Gasteiger partial charge in [0.05, 0.1) is 12.2 Å². The summed E-state index contributed by atoms with van der Waals surface area (Å²) >= 11 is 0. The molecule has 0 saturated heterocycles. The molecule has 1 saturated carbocycles. The van der Waals surface area contributed by atoms with Crippen molar-refractivity contribution in [1.29, 1.82) is 0 Å². The number of rotatable bonds is 9. The smallest absolute Gasteiger partial charge is 0.193 e. The third-order valence-corrected chi connectivity index (χ3v) is 11.4. The van der Waals surface area contributed by atoms with Gasteiger partial charge in [-0.25, -0.2) is 0 Å². The summed E-state index contributed by atoms with van der Waals surface area (Å²) in [6.45, 7) is 20.0. The highest BCUT2D eigenvalue weighted by atomic mass is 28.4. The van der Waals surface area contributed by atoms with E-state index in [9.17, 15) is 5.11 Å². The zero-order valence-electron chi connectivity index (χ0n) is 20.0. The Hall–Kier alpha value is -1.36. The molecule has 0 aliphatic heterocycles. The van der Waals surface area contributed by atoms with Crippen LogP contribution in [0.1, 0.15) is 46.1 Å². The van der Waals surface area contributed by atoms with Crippen molar-refractivity contribution in [3.8, 4) is 5.75 Å². The molecule has 0 bridgehead atoms. The van der Waals surface area contributed by atoms with Crippen molar-refractivity contribution in [1.82, 2.24) is 0 Å². The van der Waals surface area contributed by atoms with Gasteiger partial charge in [0.15, 0.2) is 8.32 Å². The van der Waals surface area contributed by atoms with Crippen LogP contribution in [0.5, 0.6) is 5.75 Å². The van der Waals surface area contributed by atoms with E-state index in [1.54, 1.807) is 0 Å². The van der Waals surface area contributed by atoms with Crippen LogP contribution in [0.25, 0.3) is 0 Å². The molecule has 1 aromatic rings. The number of hydrogen-bond donors (Lipinski definition) is 1. The summed E-state index contributed by atoms with van der Waals surface area (Å²) in [5.41, 5.74) is 1.19. The molecular formula is C26H42O3Si. The number of benzene rings is 1. The first-order chi connectivity index (χ1) is 13.9. The van der Waals surface area contributed by atoms with Gasteiger partial charge in [0.25, 0.3) is 0 Å². The van der Waals surface area contributed by atoms with Gasteiger partial charge in [-0.05, 0) is 73.3 Å². The molecule has 1 N–H and O–H groups in total. The maximum atomic E-state index is 10.5. The molecule has 3 nitrogen and oxygen atoms in total. The number of aryl methyl sites for hydroxylation is 1. The molecule has 0 radical (unpaired) electrons. The Labute approximate surface area is 185 Å². The van der Waals surface area contributed by atoms with E-state index in [-0.39, 0.29) is 23.2 Å². The Morgan fingerprint density at radius 2 is 2.00 bits per heavy atom. The van der Waals surface area contributed by atoms with E-state index in [1.807, 2.05) is 18.2 Å². The van der Waals surface area contributed by atoms with Crippen LogP contribution in [-0.2, 0) is 4.43 Å².